The maximum Gasteiger partial charge on any atom is 0.332 e. The summed E-state index contributed by atoms with van der Waals surface area (Å²) in [6.07, 6.45) is 1.98. The second-order valence-corrected chi connectivity index (χ2v) is 4.75. The lowest BCUT2D eigenvalue weighted by Crippen LogP contribution is -2.58. The maximum atomic E-state index is 12.2. The Morgan fingerprint density at radius 1 is 1.24 bits per heavy atom. The Morgan fingerprint density at radius 3 is 2.33 bits per heavy atom. The molecule has 1 aromatic rings. The number of hydrogen-bond donors (Lipinski definition) is 0. The van der Waals surface area contributed by atoms with Crippen LogP contribution in [0, 0.1) is 5.92 Å². The molecule has 0 aliphatic carbocycles. The highest BCUT2D eigenvalue weighted by molar-refractivity contribution is 6.27. The van der Waals surface area contributed by atoms with Gasteiger partial charge < -0.3 is 4.42 Å². The van der Waals surface area contributed by atoms with Crippen LogP contribution in [0.25, 0.3) is 0 Å². The topological polar surface area (TPSA) is 83.2 Å². The Bertz CT molecular complexity index is 567. The molecule has 7 nitrogen and oxygen atoms in total. The van der Waals surface area contributed by atoms with E-state index in [1.54, 1.807) is 12.1 Å². The lowest BCUT2D eigenvalue weighted by atomic mass is 9.96. The molecule has 0 spiro atoms. The molecular formula is C14H17N3O4. The fourth-order valence-electron chi connectivity index (χ4n) is 2.18. The predicted octanol–water partition coefficient (Wildman–Crippen LogP) is 1.30. The molecule has 7 heteroatoms. The molecule has 0 unspecified atom stereocenters. The van der Waals surface area contributed by atoms with Crippen molar-refractivity contribution in [1.29, 1.82) is 0 Å². The molecular weight excluding hydrogens is 274 g/mol. The second-order valence-electron chi connectivity index (χ2n) is 4.75. The Morgan fingerprint density at radius 2 is 1.86 bits per heavy atom. The largest absolute Gasteiger partial charge is 0.467 e. The van der Waals surface area contributed by atoms with Crippen molar-refractivity contribution in [3.05, 3.63) is 24.2 Å². The summed E-state index contributed by atoms with van der Waals surface area (Å²) in [5.74, 6) is -1.46. The van der Waals surface area contributed by atoms with E-state index >= 15 is 0 Å². The molecule has 0 radical (unpaired) electrons. The van der Waals surface area contributed by atoms with Gasteiger partial charge in [-0.05, 0) is 18.6 Å². The van der Waals surface area contributed by atoms with Gasteiger partial charge in [0.05, 0.1) is 12.8 Å². The Kier molecular flexibility index (Phi) is 4.21. The van der Waals surface area contributed by atoms with Gasteiger partial charge in [-0.2, -0.15) is 0 Å². The fraction of sp³-hybridized carbons (Fsp3) is 0.429. The number of furan rings is 1. The first-order valence-corrected chi connectivity index (χ1v) is 6.62. The van der Waals surface area contributed by atoms with Gasteiger partial charge >= 0.3 is 6.03 Å². The van der Waals surface area contributed by atoms with E-state index in [2.05, 4.69) is 4.99 Å². The van der Waals surface area contributed by atoms with Crippen molar-refractivity contribution in [2.45, 2.75) is 19.9 Å². The van der Waals surface area contributed by atoms with Gasteiger partial charge in [-0.1, -0.05) is 6.92 Å². The van der Waals surface area contributed by atoms with Gasteiger partial charge in [-0.15, -0.1) is 0 Å². The lowest BCUT2D eigenvalue weighted by Gasteiger charge is -2.33. The monoisotopic (exact) mass is 291 g/mol. The van der Waals surface area contributed by atoms with Crippen molar-refractivity contribution >= 4 is 23.6 Å². The van der Waals surface area contributed by atoms with Crippen LogP contribution in [0.4, 0.5) is 4.79 Å². The van der Waals surface area contributed by atoms with Gasteiger partial charge in [-0.3, -0.25) is 24.4 Å². The molecule has 0 bridgehead atoms. The van der Waals surface area contributed by atoms with E-state index in [0.29, 0.717) is 17.9 Å². The molecule has 2 heterocycles. The summed E-state index contributed by atoms with van der Waals surface area (Å²) >= 11 is 0. The molecule has 0 saturated carbocycles. The minimum atomic E-state index is -1.03. The van der Waals surface area contributed by atoms with Crippen LogP contribution in [0.5, 0.6) is 0 Å². The van der Waals surface area contributed by atoms with E-state index in [-0.39, 0.29) is 6.54 Å². The Balaban J connectivity index is 2.27. The van der Waals surface area contributed by atoms with Crippen LogP contribution in [0.1, 0.15) is 19.1 Å². The summed E-state index contributed by atoms with van der Waals surface area (Å²) in [5.41, 5.74) is 0.451. The summed E-state index contributed by atoms with van der Waals surface area (Å²) in [7, 11) is 2.72. The summed E-state index contributed by atoms with van der Waals surface area (Å²) in [6, 6.07) is 2.89. The first-order chi connectivity index (χ1) is 9.97. The van der Waals surface area contributed by atoms with E-state index in [4.69, 9.17) is 4.42 Å². The SMILES string of the molecule is CCC(=NCc1ccco1)C1C(=O)N(C)C(=O)N(C)C1=O. The smallest absolute Gasteiger partial charge is 0.332 e. The third-order valence-corrected chi connectivity index (χ3v) is 3.44. The standard InChI is InChI=1S/C14H17N3O4/c1-4-10(15-8-9-6-5-7-21-9)11-12(18)16(2)14(20)17(3)13(11)19/h5-7,11H,4,8H2,1-3H3. The summed E-state index contributed by atoms with van der Waals surface area (Å²) < 4.78 is 5.18. The molecule has 1 aliphatic heterocycles. The van der Waals surface area contributed by atoms with E-state index < -0.39 is 23.8 Å². The molecule has 0 N–H and O–H groups in total. The Hall–Kier alpha value is -2.44. The van der Waals surface area contributed by atoms with Crippen LogP contribution in [-0.2, 0) is 16.1 Å². The quantitative estimate of drug-likeness (QED) is 0.618. The Labute approximate surface area is 122 Å². The number of hydrogen-bond acceptors (Lipinski definition) is 5. The zero-order valence-corrected chi connectivity index (χ0v) is 12.2. The van der Waals surface area contributed by atoms with Crippen LogP contribution in [0.15, 0.2) is 27.8 Å². The molecule has 112 valence electrons. The van der Waals surface area contributed by atoms with E-state index in [9.17, 15) is 14.4 Å². The number of aliphatic imine (C=N–C) groups is 1. The average Bonchev–Trinajstić information content (AvgIpc) is 3.00. The van der Waals surface area contributed by atoms with Crippen LogP contribution < -0.4 is 0 Å². The third kappa shape index (κ3) is 2.72. The average molecular weight is 291 g/mol. The highest BCUT2D eigenvalue weighted by atomic mass is 16.3. The minimum absolute atomic E-state index is 0.259. The first-order valence-electron chi connectivity index (χ1n) is 6.62. The molecule has 1 aromatic heterocycles. The van der Waals surface area contributed by atoms with Crippen molar-refractivity contribution in [3.8, 4) is 0 Å². The number of nitrogens with zero attached hydrogens (tertiary/aromatic N) is 3. The summed E-state index contributed by atoms with van der Waals surface area (Å²) in [4.78, 5) is 42.3. The molecule has 2 rings (SSSR count). The molecule has 0 atom stereocenters. The molecule has 0 aromatic carbocycles. The molecule has 4 amide bonds. The number of barbiturate groups is 1. The predicted molar refractivity (Wildman–Crippen MR) is 74.6 cm³/mol. The second kappa shape index (κ2) is 5.90. The number of urea groups is 1. The molecule has 1 fully saturated rings. The highest BCUT2D eigenvalue weighted by Crippen LogP contribution is 2.19. The van der Waals surface area contributed by atoms with Gasteiger partial charge in [0.25, 0.3) is 0 Å². The van der Waals surface area contributed by atoms with Crippen LogP contribution in [0.2, 0.25) is 0 Å². The van der Waals surface area contributed by atoms with Crippen molar-refractivity contribution in [2.24, 2.45) is 10.9 Å². The number of rotatable bonds is 4. The van der Waals surface area contributed by atoms with Crippen molar-refractivity contribution in [2.75, 3.05) is 14.1 Å². The van der Waals surface area contributed by atoms with Gasteiger partial charge in [0.1, 0.15) is 5.76 Å². The lowest BCUT2D eigenvalue weighted by molar-refractivity contribution is -0.144. The van der Waals surface area contributed by atoms with Crippen molar-refractivity contribution < 1.29 is 18.8 Å². The van der Waals surface area contributed by atoms with E-state index in [0.717, 1.165) is 9.80 Å². The minimum Gasteiger partial charge on any atom is -0.467 e. The summed E-state index contributed by atoms with van der Waals surface area (Å²) in [5, 5.41) is 0. The van der Waals surface area contributed by atoms with Gasteiger partial charge in [0.15, 0.2) is 5.92 Å². The van der Waals surface area contributed by atoms with Gasteiger partial charge in [0, 0.05) is 19.8 Å². The van der Waals surface area contributed by atoms with Gasteiger partial charge in [-0.25, -0.2) is 4.79 Å². The highest BCUT2D eigenvalue weighted by Gasteiger charge is 2.44. The number of imide groups is 2. The first kappa shape index (κ1) is 15.0. The van der Waals surface area contributed by atoms with Gasteiger partial charge in [0.2, 0.25) is 11.8 Å². The number of carbonyl (C=O) groups is 3. The number of carbonyl (C=O) groups excluding carboxylic acids is 3. The van der Waals surface area contributed by atoms with Crippen LogP contribution >= 0.6 is 0 Å². The zero-order chi connectivity index (χ0) is 15.6. The van der Waals surface area contributed by atoms with Crippen LogP contribution in [0.3, 0.4) is 0 Å². The van der Waals surface area contributed by atoms with E-state index in [1.165, 1.54) is 20.4 Å². The summed E-state index contributed by atoms with van der Waals surface area (Å²) in [6.45, 7) is 2.08. The van der Waals surface area contributed by atoms with Crippen molar-refractivity contribution in [1.82, 2.24) is 9.80 Å². The normalized spacial score (nSPS) is 17.9. The zero-order valence-electron chi connectivity index (χ0n) is 12.2. The van der Waals surface area contributed by atoms with Crippen molar-refractivity contribution in [3.63, 3.8) is 0 Å². The third-order valence-electron chi connectivity index (χ3n) is 3.44. The fourth-order valence-corrected chi connectivity index (χ4v) is 2.18. The number of amides is 4. The molecule has 1 aliphatic rings. The molecule has 21 heavy (non-hydrogen) atoms. The maximum absolute atomic E-state index is 12.2. The van der Waals surface area contributed by atoms with E-state index in [1.807, 2.05) is 6.92 Å². The molecule has 1 saturated heterocycles. The van der Waals surface area contributed by atoms with Crippen LogP contribution in [-0.4, -0.2) is 47.5 Å².